The number of halogens is 1. The Morgan fingerprint density at radius 3 is 2.52 bits per heavy atom. The summed E-state index contributed by atoms with van der Waals surface area (Å²) in [6.07, 6.45) is 0. The van der Waals surface area contributed by atoms with Crippen molar-refractivity contribution in [3.63, 3.8) is 0 Å². The van der Waals surface area contributed by atoms with Gasteiger partial charge in [-0.1, -0.05) is 47.6 Å². The Hall–Kier alpha value is -2.95. The first kappa shape index (κ1) is 13.1. The van der Waals surface area contributed by atoms with E-state index in [-0.39, 0.29) is 11.4 Å². The van der Waals surface area contributed by atoms with E-state index in [1.165, 1.54) is 18.2 Å². The highest BCUT2D eigenvalue weighted by Gasteiger charge is 2.14. The van der Waals surface area contributed by atoms with Crippen LogP contribution >= 0.6 is 0 Å². The molecule has 5 heteroatoms. The molecule has 0 bridgehead atoms. The van der Waals surface area contributed by atoms with Crippen LogP contribution in [0.3, 0.4) is 0 Å². The second kappa shape index (κ2) is 5.58. The van der Waals surface area contributed by atoms with Crippen LogP contribution in [0.1, 0.15) is 10.4 Å². The maximum absolute atomic E-state index is 13.5. The summed E-state index contributed by atoms with van der Waals surface area (Å²) in [6.45, 7) is 0. The van der Waals surface area contributed by atoms with E-state index < -0.39 is 11.7 Å². The first-order valence-corrected chi connectivity index (χ1v) is 6.32. The number of benzene rings is 2. The predicted molar refractivity (Wildman–Crippen MR) is 76.3 cm³/mol. The number of aromatic nitrogens is 1. The summed E-state index contributed by atoms with van der Waals surface area (Å²) in [5.74, 6) is -0.997. The number of hydrogen-bond acceptors (Lipinski definition) is 3. The molecular formula is C16H11FN2O2. The largest absolute Gasteiger partial charge is 0.338 e. The van der Waals surface area contributed by atoms with E-state index in [4.69, 9.17) is 4.52 Å². The minimum atomic E-state index is -0.585. The van der Waals surface area contributed by atoms with E-state index in [0.29, 0.717) is 5.69 Å². The third kappa shape index (κ3) is 2.81. The van der Waals surface area contributed by atoms with E-state index in [1.807, 2.05) is 30.3 Å². The highest BCUT2D eigenvalue weighted by Crippen LogP contribution is 2.21. The molecular weight excluding hydrogens is 271 g/mol. The van der Waals surface area contributed by atoms with E-state index >= 15 is 0 Å². The van der Waals surface area contributed by atoms with Crippen LogP contribution in [0.5, 0.6) is 0 Å². The number of nitrogens with zero attached hydrogens (tertiary/aromatic N) is 1. The van der Waals surface area contributed by atoms with Gasteiger partial charge in [-0.25, -0.2) is 4.39 Å². The molecule has 0 aliphatic heterocycles. The minimum Gasteiger partial charge on any atom is -0.338 e. The lowest BCUT2D eigenvalue weighted by atomic mass is 10.1. The van der Waals surface area contributed by atoms with Gasteiger partial charge in [-0.2, -0.15) is 0 Å². The Kier molecular flexibility index (Phi) is 3.47. The minimum absolute atomic E-state index is 0.0461. The normalized spacial score (nSPS) is 10.3. The Morgan fingerprint density at radius 2 is 1.76 bits per heavy atom. The van der Waals surface area contributed by atoms with E-state index in [0.717, 1.165) is 5.56 Å². The van der Waals surface area contributed by atoms with Crippen molar-refractivity contribution in [1.82, 2.24) is 5.16 Å². The molecule has 104 valence electrons. The number of nitrogens with one attached hydrogen (secondary N) is 1. The van der Waals surface area contributed by atoms with Crippen molar-refractivity contribution in [2.45, 2.75) is 0 Å². The quantitative estimate of drug-likeness (QED) is 0.796. The molecule has 1 heterocycles. The van der Waals surface area contributed by atoms with E-state index in [2.05, 4.69) is 10.5 Å². The third-order valence-electron chi connectivity index (χ3n) is 2.93. The average molecular weight is 282 g/mol. The lowest BCUT2D eigenvalue weighted by Gasteiger charge is -2.01. The predicted octanol–water partition coefficient (Wildman–Crippen LogP) is 3.73. The highest BCUT2D eigenvalue weighted by atomic mass is 19.1. The summed E-state index contributed by atoms with van der Waals surface area (Å²) in [7, 11) is 0. The van der Waals surface area contributed by atoms with Crippen LogP contribution < -0.4 is 5.32 Å². The van der Waals surface area contributed by atoms with Gasteiger partial charge in [0.05, 0.1) is 5.56 Å². The molecule has 1 amide bonds. The smallest absolute Gasteiger partial charge is 0.261 e. The molecule has 2 aromatic carbocycles. The molecule has 3 rings (SSSR count). The van der Waals surface area contributed by atoms with Crippen molar-refractivity contribution >= 4 is 11.8 Å². The summed E-state index contributed by atoms with van der Waals surface area (Å²) < 4.78 is 18.6. The molecule has 1 N–H and O–H groups in total. The highest BCUT2D eigenvalue weighted by molar-refractivity contribution is 6.03. The molecule has 0 saturated carbocycles. The zero-order chi connectivity index (χ0) is 14.7. The lowest BCUT2D eigenvalue weighted by Crippen LogP contribution is -2.13. The maximum Gasteiger partial charge on any atom is 0.261 e. The summed E-state index contributed by atoms with van der Waals surface area (Å²) in [6, 6.07) is 16.7. The van der Waals surface area contributed by atoms with Crippen molar-refractivity contribution in [2.24, 2.45) is 0 Å². The SMILES string of the molecule is O=C(Nc1cc(-c2ccccc2)no1)c1ccccc1F. The molecule has 0 spiro atoms. The first-order valence-electron chi connectivity index (χ1n) is 6.32. The Labute approximate surface area is 120 Å². The molecule has 3 aromatic rings. The fourth-order valence-corrected chi connectivity index (χ4v) is 1.90. The fraction of sp³-hybridized carbons (Fsp3) is 0. The summed E-state index contributed by atoms with van der Waals surface area (Å²) in [5.41, 5.74) is 1.42. The van der Waals surface area contributed by atoms with Crippen LogP contribution in [0.2, 0.25) is 0 Å². The molecule has 1 aromatic heterocycles. The van der Waals surface area contributed by atoms with Crippen LogP contribution in [0.25, 0.3) is 11.3 Å². The number of anilines is 1. The third-order valence-corrected chi connectivity index (χ3v) is 2.93. The Bertz CT molecular complexity index is 769. The topological polar surface area (TPSA) is 55.1 Å². The summed E-state index contributed by atoms with van der Waals surface area (Å²) in [4.78, 5) is 11.9. The number of carbonyl (C=O) groups is 1. The zero-order valence-electron chi connectivity index (χ0n) is 10.9. The maximum atomic E-state index is 13.5. The van der Waals surface area contributed by atoms with Crippen molar-refractivity contribution in [3.8, 4) is 11.3 Å². The summed E-state index contributed by atoms with van der Waals surface area (Å²) in [5, 5.41) is 6.35. The molecule has 0 atom stereocenters. The number of rotatable bonds is 3. The fourth-order valence-electron chi connectivity index (χ4n) is 1.90. The second-order valence-corrected chi connectivity index (χ2v) is 4.38. The molecule has 0 radical (unpaired) electrons. The standard InChI is InChI=1S/C16H11FN2O2/c17-13-9-5-4-8-12(13)16(20)18-15-10-14(19-21-15)11-6-2-1-3-7-11/h1-10H,(H,18,20). The van der Waals surface area contributed by atoms with Gasteiger partial charge in [0.15, 0.2) is 0 Å². The van der Waals surface area contributed by atoms with Gasteiger partial charge in [-0.05, 0) is 12.1 Å². The first-order chi connectivity index (χ1) is 10.2. The number of carbonyl (C=O) groups excluding carboxylic acids is 1. The van der Waals surface area contributed by atoms with Crippen LogP contribution in [0, 0.1) is 5.82 Å². The van der Waals surface area contributed by atoms with Crippen molar-refractivity contribution in [3.05, 3.63) is 72.0 Å². The monoisotopic (exact) mass is 282 g/mol. The van der Waals surface area contributed by atoms with Crippen molar-refractivity contribution < 1.29 is 13.7 Å². The van der Waals surface area contributed by atoms with Gasteiger partial charge in [0.25, 0.3) is 5.91 Å². The number of hydrogen-bond donors (Lipinski definition) is 1. The molecule has 0 saturated heterocycles. The number of amides is 1. The van der Waals surface area contributed by atoms with Crippen LogP contribution in [0.4, 0.5) is 10.3 Å². The lowest BCUT2D eigenvalue weighted by molar-refractivity contribution is 0.102. The average Bonchev–Trinajstić information content (AvgIpc) is 2.97. The van der Waals surface area contributed by atoms with Crippen molar-refractivity contribution in [1.29, 1.82) is 0 Å². The summed E-state index contributed by atoms with van der Waals surface area (Å²) >= 11 is 0. The van der Waals surface area contributed by atoms with Gasteiger partial charge >= 0.3 is 0 Å². The van der Waals surface area contributed by atoms with E-state index in [1.54, 1.807) is 12.1 Å². The van der Waals surface area contributed by atoms with Crippen LogP contribution in [-0.4, -0.2) is 11.1 Å². The van der Waals surface area contributed by atoms with Gasteiger partial charge in [0, 0.05) is 11.6 Å². The van der Waals surface area contributed by atoms with Gasteiger partial charge < -0.3 is 4.52 Å². The van der Waals surface area contributed by atoms with Gasteiger partial charge in [0.1, 0.15) is 11.5 Å². The Balaban J connectivity index is 1.79. The molecule has 0 unspecified atom stereocenters. The second-order valence-electron chi connectivity index (χ2n) is 4.38. The van der Waals surface area contributed by atoms with Crippen LogP contribution in [0.15, 0.2) is 65.2 Å². The Morgan fingerprint density at radius 1 is 1.05 bits per heavy atom. The van der Waals surface area contributed by atoms with Crippen molar-refractivity contribution in [2.75, 3.05) is 5.32 Å². The van der Waals surface area contributed by atoms with E-state index in [9.17, 15) is 9.18 Å². The molecule has 21 heavy (non-hydrogen) atoms. The van der Waals surface area contributed by atoms with Crippen LogP contribution in [-0.2, 0) is 0 Å². The van der Waals surface area contributed by atoms with Gasteiger partial charge in [-0.15, -0.1) is 0 Å². The van der Waals surface area contributed by atoms with Gasteiger partial charge in [0.2, 0.25) is 5.88 Å². The molecule has 4 nitrogen and oxygen atoms in total. The molecule has 0 aliphatic rings. The van der Waals surface area contributed by atoms with Gasteiger partial charge in [-0.3, -0.25) is 10.1 Å². The molecule has 0 aliphatic carbocycles. The molecule has 0 fully saturated rings. The zero-order valence-corrected chi connectivity index (χ0v) is 10.9.